The first kappa shape index (κ1) is 10.4. The van der Waals surface area contributed by atoms with Crippen LogP contribution in [0.3, 0.4) is 0 Å². The van der Waals surface area contributed by atoms with Crippen LogP contribution in [-0.2, 0) is 9.68 Å². The van der Waals surface area contributed by atoms with Gasteiger partial charge in [0.15, 0.2) is 0 Å². The van der Waals surface area contributed by atoms with Crippen LogP contribution in [0.25, 0.3) is 0 Å². The zero-order valence-corrected chi connectivity index (χ0v) is 6.85. The molecule has 0 amide bonds. The van der Waals surface area contributed by atoms with Crippen molar-refractivity contribution in [2.45, 2.75) is 0 Å². The molecule has 0 aromatic carbocycles. The van der Waals surface area contributed by atoms with E-state index in [4.69, 9.17) is 0 Å². The van der Waals surface area contributed by atoms with Gasteiger partial charge in [-0.25, -0.2) is 0 Å². The Morgan fingerprint density at radius 2 is 1.33 bits per heavy atom. The Balaban J connectivity index is 3.26. The summed E-state index contributed by atoms with van der Waals surface area (Å²) in [6.07, 6.45) is 5.96. The lowest BCUT2D eigenvalue weighted by atomic mass is 10.7. The van der Waals surface area contributed by atoms with E-state index in [1.54, 1.807) is 12.2 Å². The lowest BCUT2D eigenvalue weighted by molar-refractivity contribution is 0.173. The molecule has 0 saturated carbocycles. The maximum Gasteiger partial charge on any atom is 0.135 e. The maximum absolute atomic E-state index is 4.67. The molecule has 0 spiro atoms. The monoisotopic (exact) mass is 168 g/mol. The Hall–Kier alpha value is -1.58. The number of rotatable bonds is 7. The van der Waals surface area contributed by atoms with E-state index in [1.165, 1.54) is 12.4 Å². The first-order chi connectivity index (χ1) is 5.91. The van der Waals surface area contributed by atoms with Crippen LogP contribution in [0.2, 0.25) is 0 Å². The van der Waals surface area contributed by atoms with Gasteiger partial charge in [0.1, 0.15) is 13.2 Å². The van der Waals surface area contributed by atoms with E-state index < -0.39 is 0 Å². The van der Waals surface area contributed by atoms with E-state index in [9.17, 15) is 0 Å². The van der Waals surface area contributed by atoms with Gasteiger partial charge >= 0.3 is 0 Å². The quantitative estimate of drug-likeness (QED) is 0.249. The molecule has 0 unspecified atom stereocenters. The van der Waals surface area contributed by atoms with E-state index in [0.717, 1.165) is 0 Å². The molecular formula is C8H12N2O2. The van der Waals surface area contributed by atoms with Crippen LogP contribution >= 0.6 is 0 Å². The summed E-state index contributed by atoms with van der Waals surface area (Å²) in [7, 11) is 0. The van der Waals surface area contributed by atoms with E-state index in [2.05, 4.69) is 33.1 Å². The number of hydrogen-bond acceptors (Lipinski definition) is 4. The fourth-order valence-corrected chi connectivity index (χ4v) is 0.332. The van der Waals surface area contributed by atoms with Crippen molar-refractivity contribution in [2.24, 2.45) is 10.3 Å². The predicted molar refractivity (Wildman–Crippen MR) is 49.3 cm³/mol. The van der Waals surface area contributed by atoms with Gasteiger partial charge in [-0.3, -0.25) is 0 Å². The highest BCUT2D eigenvalue weighted by Gasteiger charge is 1.72. The number of nitrogens with zero attached hydrogens (tertiary/aromatic N) is 2. The molecule has 0 N–H and O–H groups in total. The Morgan fingerprint density at radius 3 is 1.67 bits per heavy atom. The van der Waals surface area contributed by atoms with Gasteiger partial charge in [-0.15, -0.1) is 0 Å². The average Bonchev–Trinajstić information content (AvgIpc) is 2.10. The summed E-state index contributed by atoms with van der Waals surface area (Å²) in [6, 6.07) is 0. The minimum absolute atomic E-state index is 0.387. The molecule has 4 heteroatoms. The molecule has 0 saturated heterocycles. The topological polar surface area (TPSA) is 43.2 Å². The molecule has 0 atom stereocenters. The Kier molecular flexibility index (Phi) is 8.18. The van der Waals surface area contributed by atoms with Gasteiger partial charge in [-0.1, -0.05) is 35.6 Å². The number of oxime groups is 2. The average molecular weight is 168 g/mol. The van der Waals surface area contributed by atoms with Crippen LogP contribution < -0.4 is 0 Å². The van der Waals surface area contributed by atoms with E-state index in [-0.39, 0.29) is 0 Å². The minimum atomic E-state index is 0.387. The summed E-state index contributed by atoms with van der Waals surface area (Å²) in [6.45, 7) is 7.67. The first-order valence-electron chi connectivity index (χ1n) is 3.43. The molecule has 0 aromatic heterocycles. The fraction of sp³-hybridized carbons (Fsp3) is 0.250. The van der Waals surface area contributed by atoms with Crippen LogP contribution in [-0.4, -0.2) is 25.6 Å². The molecule has 0 radical (unpaired) electrons. The van der Waals surface area contributed by atoms with Crippen molar-refractivity contribution in [1.29, 1.82) is 0 Å². The highest BCUT2D eigenvalue weighted by atomic mass is 16.6. The van der Waals surface area contributed by atoms with Gasteiger partial charge in [-0.2, -0.15) is 0 Å². The first-order valence-corrected chi connectivity index (χ1v) is 3.43. The summed E-state index contributed by atoms with van der Waals surface area (Å²) in [5.41, 5.74) is 0. The van der Waals surface area contributed by atoms with Crippen LogP contribution in [0.1, 0.15) is 0 Å². The molecule has 0 aliphatic heterocycles. The standard InChI is InChI=1S/C8H12N2O2/c1-3-7-11-9-5-6-10-12-8-4-2/h3-6H,1-2,7-8H2/b9-5+,10-6+. The highest BCUT2D eigenvalue weighted by Crippen LogP contribution is 1.75. The van der Waals surface area contributed by atoms with Crippen LogP contribution in [0.4, 0.5) is 0 Å². The lowest BCUT2D eigenvalue weighted by Gasteiger charge is -1.89. The van der Waals surface area contributed by atoms with Gasteiger partial charge in [0.2, 0.25) is 0 Å². The van der Waals surface area contributed by atoms with Crippen molar-refractivity contribution in [1.82, 2.24) is 0 Å². The third-order valence-electron chi connectivity index (χ3n) is 0.722. The molecule has 0 aliphatic rings. The molecule has 4 nitrogen and oxygen atoms in total. The zero-order chi connectivity index (χ0) is 9.07. The van der Waals surface area contributed by atoms with E-state index in [0.29, 0.717) is 13.2 Å². The minimum Gasteiger partial charge on any atom is -0.392 e. The Labute approximate surface area is 71.8 Å². The SMILES string of the molecule is C=CCO/N=C/C=N/OCC=C. The number of hydrogen-bond donors (Lipinski definition) is 0. The molecule has 12 heavy (non-hydrogen) atoms. The van der Waals surface area contributed by atoms with Crippen molar-refractivity contribution in [3.8, 4) is 0 Å². The normalized spacial score (nSPS) is 10.3. The lowest BCUT2D eigenvalue weighted by Crippen LogP contribution is -1.85. The smallest absolute Gasteiger partial charge is 0.135 e. The summed E-state index contributed by atoms with van der Waals surface area (Å²) in [4.78, 5) is 9.35. The van der Waals surface area contributed by atoms with Crippen LogP contribution in [0.15, 0.2) is 35.6 Å². The second-order valence-electron chi connectivity index (χ2n) is 1.68. The van der Waals surface area contributed by atoms with Gasteiger partial charge < -0.3 is 9.68 Å². The molecule has 0 bridgehead atoms. The van der Waals surface area contributed by atoms with Crippen molar-refractivity contribution in [2.75, 3.05) is 13.2 Å². The van der Waals surface area contributed by atoms with Crippen molar-refractivity contribution >= 4 is 12.4 Å². The highest BCUT2D eigenvalue weighted by molar-refractivity contribution is 6.15. The van der Waals surface area contributed by atoms with Gasteiger partial charge in [0, 0.05) is 0 Å². The van der Waals surface area contributed by atoms with Crippen LogP contribution in [0, 0.1) is 0 Å². The Morgan fingerprint density at radius 1 is 0.917 bits per heavy atom. The summed E-state index contributed by atoms with van der Waals surface area (Å²) in [5.74, 6) is 0. The third-order valence-corrected chi connectivity index (χ3v) is 0.722. The predicted octanol–water partition coefficient (Wildman–Crippen LogP) is 1.36. The van der Waals surface area contributed by atoms with Crippen molar-refractivity contribution in [3.63, 3.8) is 0 Å². The molecule has 0 heterocycles. The molecule has 66 valence electrons. The summed E-state index contributed by atoms with van der Waals surface area (Å²) < 4.78 is 0. The van der Waals surface area contributed by atoms with Gasteiger partial charge in [0.25, 0.3) is 0 Å². The zero-order valence-electron chi connectivity index (χ0n) is 6.85. The second-order valence-corrected chi connectivity index (χ2v) is 1.68. The van der Waals surface area contributed by atoms with E-state index >= 15 is 0 Å². The molecule has 0 fully saturated rings. The fourth-order valence-electron chi connectivity index (χ4n) is 0.332. The summed E-state index contributed by atoms with van der Waals surface area (Å²) in [5, 5.41) is 7.01. The second kappa shape index (κ2) is 9.42. The van der Waals surface area contributed by atoms with Gasteiger partial charge in [-0.05, 0) is 0 Å². The largest absolute Gasteiger partial charge is 0.392 e. The molecule has 0 aliphatic carbocycles. The Bertz CT molecular complexity index is 156. The van der Waals surface area contributed by atoms with Crippen LogP contribution in [0.5, 0.6) is 0 Å². The van der Waals surface area contributed by atoms with Crippen molar-refractivity contribution in [3.05, 3.63) is 25.3 Å². The maximum atomic E-state index is 4.67. The molecule has 0 aromatic rings. The molecular weight excluding hydrogens is 156 g/mol. The van der Waals surface area contributed by atoms with E-state index in [1.807, 2.05) is 0 Å². The summed E-state index contributed by atoms with van der Waals surface area (Å²) >= 11 is 0. The molecule has 0 rings (SSSR count). The third kappa shape index (κ3) is 8.42. The van der Waals surface area contributed by atoms with Gasteiger partial charge in [0.05, 0.1) is 12.4 Å². The van der Waals surface area contributed by atoms with Crippen molar-refractivity contribution < 1.29 is 9.68 Å².